The van der Waals surface area contributed by atoms with Crippen molar-refractivity contribution >= 4 is 22.9 Å². The van der Waals surface area contributed by atoms with Gasteiger partial charge in [-0.15, -0.1) is 0 Å². The smallest absolute Gasteiger partial charge is 0.258 e. The molecule has 1 aliphatic rings. The molecule has 0 fully saturated rings. The van der Waals surface area contributed by atoms with Gasteiger partial charge >= 0.3 is 0 Å². The molecular formula is C24H26N4O5S. The summed E-state index contributed by atoms with van der Waals surface area (Å²) < 4.78 is 21.6. The Morgan fingerprint density at radius 2 is 1.76 bits per heavy atom. The number of phenols is 1. The van der Waals surface area contributed by atoms with Crippen molar-refractivity contribution < 1.29 is 23.8 Å². The predicted molar refractivity (Wildman–Crippen MR) is 131 cm³/mol. The summed E-state index contributed by atoms with van der Waals surface area (Å²) in [6.45, 7) is 4.64. The number of nitrogens with zero attached hydrogens (tertiary/aromatic N) is 3. The Kier molecular flexibility index (Phi) is 6.60. The molecule has 0 spiro atoms. The second-order valence-electron chi connectivity index (χ2n) is 7.55. The highest BCUT2D eigenvalue weighted by molar-refractivity contribution is 7.80. The van der Waals surface area contributed by atoms with Crippen molar-refractivity contribution in [3.05, 3.63) is 53.5 Å². The zero-order chi connectivity index (χ0) is 24.4. The third kappa shape index (κ3) is 4.12. The molecule has 1 aromatic heterocycles. The molecule has 0 aliphatic carbocycles. The van der Waals surface area contributed by atoms with E-state index >= 15 is 0 Å². The van der Waals surface area contributed by atoms with E-state index in [4.69, 9.17) is 31.0 Å². The number of aromatic hydroxyl groups is 1. The van der Waals surface area contributed by atoms with Gasteiger partial charge in [-0.25, -0.2) is 0 Å². The van der Waals surface area contributed by atoms with Crippen LogP contribution < -0.4 is 19.5 Å². The minimum Gasteiger partial charge on any atom is -0.504 e. The molecule has 1 unspecified atom stereocenters. The van der Waals surface area contributed by atoms with E-state index in [2.05, 4.69) is 15.5 Å². The van der Waals surface area contributed by atoms with Crippen LogP contribution in [0.5, 0.6) is 23.0 Å². The second kappa shape index (κ2) is 9.60. The first-order valence-electron chi connectivity index (χ1n) is 10.6. The van der Waals surface area contributed by atoms with Gasteiger partial charge in [0.15, 0.2) is 28.1 Å². The van der Waals surface area contributed by atoms with E-state index in [1.165, 1.54) is 7.11 Å². The molecule has 10 heteroatoms. The Balaban J connectivity index is 1.80. The fourth-order valence-electron chi connectivity index (χ4n) is 4.00. The van der Waals surface area contributed by atoms with Gasteiger partial charge in [0, 0.05) is 17.8 Å². The molecular weight excluding hydrogens is 456 g/mol. The molecule has 0 saturated heterocycles. The van der Waals surface area contributed by atoms with Gasteiger partial charge in [-0.05, 0) is 62.0 Å². The van der Waals surface area contributed by atoms with Crippen molar-refractivity contribution in [3.63, 3.8) is 0 Å². The topological polar surface area (TPSA) is 102 Å². The van der Waals surface area contributed by atoms with Gasteiger partial charge in [-0.1, -0.05) is 11.2 Å². The Hall–Kier alpha value is -3.79. The summed E-state index contributed by atoms with van der Waals surface area (Å²) in [6.07, 6.45) is 0. The standard InChI is InChI=1S/C24H26N4O5S/c1-6-28-13(2)20(21(25-24(28)34)14-7-9-17(30-3)16(29)11-14)23-26-22(27-33-23)15-8-10-18(31-4)19(12-15)32-5/h7-12,21,29H,6H2,1-5H3,(H,25,34). The van der Waals surface area contributed by atoms with Crippen molar-refractivity contribution in [2.24, 2.45) is 0 Å². The molecule has 9 nitrogen and oxygen atoms in total. The SMILES string of the molecule is CCN1C(=S)NC(c2ccc(OC)c(O)c2)C(c2nc(-c3ccc(OC)c(OC)c3)no2)=C1C. The molecule has 2 N–H and O–H groups in total. The monoisotopic (exact) mass is 482 g/mol. The maximum atomic E-state index is 10.4. The van der Waals surface area contributed by atoms with E-state index in [0.29, 0.717) is 40.6 Å². The molecule has 4 rings (SSSR count). The number of hydrogen-bond acceptors (Lipinski definition) is 8. The number of phenolic OH excluding ortho intramolecular Hbond substituents is 1. The third-order valence-corrected chi connectivity index (χ3v) is 6.09. The Bertz CT molecular complexity index is 1260. The molecule has 0 saturated carbocycles. The van der Waals surface area contributed by atoms with Crippen LogP contribution in [0.4, 0.5) is 0 Å². The molecule has 1 atom stereocenters. The van der Waals surface area contributed by atoms with Gasteiger partial charge in [-0.2, -0.15) is 4.98 Å². The van der Waals surface area contributed by atoms with Crippen LogP contribution in [0.2, 0.25) is 0 Å². The molecule has 0 radical (unpaired) electrons. The van der Waals surface area contributed by atoms with E-state index < -0.39 is 6.04 Å². The second-order valence-corrected chi connectivity index (χ2v) is 7.94. The average molecular weight is 483 g/mol. The number of allylic oxidation sites excluding steroid dienone is 1. The summed E-state index contributed by atoms with van der Waals surface area (Å²) in [7, 11) is 4.66. The molecule has 34 heavy (non-hydrogen) atoms. The molecule has 178 valence electrons. The molecule has 0 amide bonds. The lowest BCUT2D eigenvalue weighted by molar-refractivity contribution is 0.355. The lowest BCUT2D eigenvalue weighted by Crippen LogP contribution is -2.45. The summed E-state index contributed by atoms with van der Waals surface area (Å²) in [5.74, 6) is 2.33. The molecule has 2 heterocycles. The van der Waals surface area contributed by atoms with Crippen molar-refractivity contribution in [2.75, 3.05) is 27.9 Å². The molecule has 2 aromatic carbocycles. The van der Waals surface area contributed by atoms with Crippen LogP contribution in [-0.2, 0) is 0 Å². The number of aromatic nitrogens is 2. The Morgan fingerprint density at radius 3 is 2.41 bits per heavy atom. The summed E-state index contributed by atoms with van der Waals surface area (Å²) >= 11 is 5.60. The fourth-order valence-corrected chi connectivity index (χ4v) is 4.39. The highest BCUT2D eigenvalue weighted by atomic mass is 32.1. The van der Waals surface area contributed by atoms with Crippen LogP contribution in [0.25, 0.3) is 17.0 Å². The summed E-state index contributed by atoms with van der Waals surface area (Å²) in [5, 5.41) is 18.5. The van der Waals surface area contributed by atoms with Crippen LogP contribution in [0.1, 0.15) is 31.3 Å². The fraction of sp³-hybridized carbons (Fsp3) is 0.292. The van der Waals surface area contributed by atoms with Crippen LogP contribution in [0.3, 0.4) is 0 Å². The van der Waals surface area contributed by atoms with Gasteiger partial charge in [-0.3, -0.25) is 0 Å². The first-order valence-corrected chi connectivity index (χ1v) is 11.0. The van der Waals surface area contributed by atoms with E-state index in [0.717, 1.165) is 22.4 Å². The van der Waals surface area contributed by atoms with E-state index in [-0.39, 0.29) is 5.75 Å². The lowest BCUT2D eigenvalue weighted by atomic mass is 9.94. The van der Waals surface area contributed by atoms with Gasteiger partial charge in [0.25, 0.3) is 5.89 Å². The van der Waals surface area contributed by atoms with Gasteiger partial charge in [0.05, 0.1) is 32.9 Å². The maximum Gasteiger partial charge on any atom is 0.258 e. The minimum absolute atomic E-state index is 0.0270. The third-order valence-electron chi connectivity index (χ3n) is 5.75. The number of nitrogens with one attached hydrogen (secondary N) is 1. The number of thiocarbonyl (C=S) groups is 1. The van der Waals surface area contributed by atoms with E-state index in [1.807, 2.05) is 30.9 Å². The van der Waals surface area contributed by atoms with Crippen molar-refractivity contribution in [1.82, 2.24) is 20.4 Å². The number of ether oxygens (including phenoxy) is 3. The lowest BCUT2D eigenvalue weighted by Gasteiger charge is -2.36. The van der Waals surface area contributed by atoms with Crippen LogP contribution in [0, 0.1) is 0 Å². The Labute approximate surface area is 202 Å². The largest absolute Gasteiger partial charge is 0.504 e. The first-order chi connectivity index (χ1) is 16.4. The normalized spacial score (nSPS) is 15.9. The number of rotatable bonds is 7. The molecule has 0 bridgehead atoms. The van der Waals surface area contributed by atoms with Crippen LogP contribution >= 0.6 is 12.2 Å². The summed E-state index contributed by atoms with van der Waals surface area (Å²) in [5.41, 5.74) is 3.14. The van der Waals surface area contributed by atoms with Gasteiger partial charge < -0.3 is 34.1 Å². The van der Waals surface area contributed by atoms with Crippen LogP contribution in [0.15, 0.2) is 46.6 Å². The number of benzene rings is 2. The van der Waals surface area contributed by atoms with Gasteiger partial charge in [0.2, 0.25) is 5.82 Å². The Morgan fingerprint density at radius 1 is 1.06 bits per heavy atom. The van der Waals surface area contributed by atoms with Crippen molar-refractivity contribution in [2.45, 2.75) is 19.9 Å². The van der Waals surface area contributed by atoms with Crippen molar-refractivity contribution in [3.8, 4) is 34.4 Å². The summed E-state index contributed by atoms with van der Waals surface area (Å²) in [6, 6.07) is 10.2. The highest BCUT2D eigenvalue weighted by Gasteiger charge is 2.34. The van der Waals surface area contributed by atoms with Crippen molar-refractivity contribution in [1.29, 1.82) is 0 Å². The zero-order valence-corrected chi connectivity index (χ0v) is 20.4. The summed E-state index contributed by atoms with van der Waals surface area (Å²) in [4.78, 5) is 6.65. The maximum absolute atomic E-state index is 10.4. The first kappa shape index (κ1) is 23.4. The number of methoxy groups -OCH3 is 3. The average Bonchev–Trinajstić information content (AvgIpc) is 3.33. The highest BCUT2D eigenvalue weighted by Crippen LogP contribution is 2.40. The predicted octanol–water partition coefficient (Wildman–Crippen LogP) is 4.15. The van der Waals surface area contributed by atoms with E-state index in [9.17, 15) is 5.11 Å². The van der Waals surface area contributed by atoms with Crippen LogP contribution in [-0.4, -0.2) is 53.1 Å². The molecule has 1 aliphatic heterocycles. The zero-order valence-electron chi connectivity index (χ0n) is 19.6. The minimum atomic E-state index is -0.411. The molecule has 3 aromatic rings. The van der Waals surface area contributed by atoms with Gasteiger partial charge in [0.1, 0.15) is 0 Å². The quantitative estimate of drug-likeness (QED) is 0.478. The number of hydrogen-bond donors (Lipinski definition) is 2. The van der Waals surface area contributed by atoms with E-state index in [1.54, 1.807) is 38.5 Å².